The average molecular weight is 1010 g/mol. The van der Waals surface area contributed by atoms with Gasteiger partial charge in [-0.15, -0.1) is 6.58 Å². The van der Waals surface area contributed by atoms with Crippen LogP contribution in [0.5, 0.6) is 0 Å². The van der Waals surface area contributed by atoms with Crippen LogP contribution < -0.4 is 20.4 Å². The Morgan fingerprint density at radius 3 is 1.37 bits per heavy atom. The van der Waals surface area contributed by atoms with Gasteiger partial charge in [-0.2, -0.15) is 0 Å². The molecule has 2 heterocycles. The van der Waals surface area contributed by atoms with E-state index in [2.05, 4.69) is 314 Å². The van der Waals surface area contributed by atoms with Gasteiger partial charge in [0, 0.05) is 55.6 Å². The van der Waals surface area contributed by atoms with Crippen LogP contribution in [0.15, 0.2) is 280 Å². The van der Waals surface area contributed by atoms with Gasteiger partial charge in [0.1, 0.15) is 0 Å². The van der Waals surface area contributed by atoms with Crippen LogP contribution in [0.2, 0.25) is 0 Å². The Balaban J connectivity index is 0.00000199. The molecular weight excluding hydrogens is 943 g/mol. The van der Waals surface area contributed by atoms with Gasteiger partial charge < -0.3 is 14.4 Å². The molecule has 0 saturated carbocycles. The number of para-hydroxylation sites is 2. The van der Waals surface area contributed by atoms with Gasteiger partial charge in [-0.3, -0.25) is 0 Å². The number of benzene rings is 10. The summed E-state index contributed by atoms with van der Waals surface area (Å²) in [5.74, 6) is 0. The molecule has 0 N–H and O–H groups in total. The lowest BCUT2D eigenvalue weighted by molar-refractivity contribution is 0.745. The van der Waals surface area contributed by atoms with Crippen LogP contribution in [0.25, 0.3) is 56.6 Å². The van der Waals surface area contributed by atoms with E-state index >= 15 is 0 Å². The van der Waals surface area contributed by atoms with E-state index in [4.69, 9.17) is 0 Å². The minimum atomic E-state index is -0.544. The quantitative estimate of drug-likeness (QED) is 0.0945. The predicted molar refractivity (Wildman–Crippen MR) is 332 cm³/mol. The summed E-state index contributed by atoms with van der Waals surface area (Å²) in [6.45, 7) is 9.70. The Bertz CT molecular complexity index is 3930. The Hall–Kier alpha value is -9.44. The number of fused-ring (bicyclic) bond motifs is 4. The predicted octanol–water partition coefficient (Wildman–Crippen LogP) is 18.3. The zero-order valence-corrected chi connectivity index (χ0v) is 44.7. The molecule has 2 aliphatic rings. The van der Waals surface area contributed by atoms with Crippen molar-refractivity contribution in [3.63, 3.8) is 0 Å². The normalized spacial score (nSPS) is 14.1. The summed E-state index contributed by atoms with van der Waals surface area (Å²) in [7, 11) is 0. The highest BCUT2D eigenvalue weighted by Crippen LogP contribution is 2.48. The van der Waals surface area contributed by atoms with Gasteiger partial charge in [0.05, 0.1) is 17.0 Å². The van der Waals surface area contributed by atoms with Crippen molar-refractivity contribution in [2.45, 2.75) is 45.1 Å². The van der Waals surface area contributed by atoms with Gasteiger partial charge in [0.25, 0.3) is 0 Å². The van der Waals surface area contributed by atoms with E-state index in [0.717, 1.165) is 29.9 Å². The minimum Gasteiger partial charge on any atom is -0.334 e. The summed E-state index contributed by atoms with van der Waals surface area (Å²) < 4.78 is 2.42. The first kappa shape index (κ1) is 49.4. The average Bonchev–Trinajstić information content (AvgIpc) is 4.08. The lowest BCUT2D eigenvalue weighted by atomic mass is 9.65. The molecular formula is C75H63N3. The summed E-state index contributed by atoms with van der Waals surface area (Å²) >= 11 is 0. The Labute approximate surface area is 460 Å². The molecule has 1 unspecified atom stereocenters. The summed E-state index contributed by atoms with van der Waals surface area (Å²) in [5.41, 5.74) is 19.8. The molecule has 1 aliphatic carbocycles. The van der Waals surface area contributed by atoms with E-state index in [1.54, 1.807) is 6.08 Å². The summed E-state index contributed by atoms with van der Waals surface area (Å²) in [6, 6.07) is 96.2. The highest BCUT2D eigenvalue weighted by atomic mass is 15.2. The number of nitrogens with zero attached hydrogens (tertiary/aromatic N) is 3. The van der Waals surface area contributed by atoms with E-state index in [9.17, 15) is 0 Å². The first-order valence-electron chi connectivity index (χ1n) is 27.4. The number of allylic oxidation sites excluding steroid dienone is 2. The van der Waals surface area contributed by atoms with Crippen LogP contribution in [0.3, 0.4) is 0 Å². The van der Waals surface area contributed by atoms with Gasteiger partial charge in [-0.25, -0.2) is 0 Å². The maximum absolute atomic E-state index is 3.36. The SMILES string of the molecule is C/C=C1/c2ccccc2N(c2ccc(-c3ccc(N(c4ccc(-c5ccc(-n6c7c(c8ccccc86)=CCCC=7)cc5)cc4)c4ccc(C(c5ccccc5)(c5ccccc5)c5ccccc5)cc4)cc3)cc2)C1C.C=CC. The second-order valence-corrected chi connectivity index (χ2v) is 20.3. The molecule has 3 nitrogen and oxygen atoms in total. The van der Waals surface area contributed by atoms with Crippen molar-refractivity contribution in [2.75, 3.05) is 9.80 Å². The Morgan fingerprint density at radius 2 is 0.859 bits per heavy atom. The maximum atomic E-state index is 3.36. The number of anilines is 5. The third-order valence-electron chi connectivity index (χ3n) is 15.8. The fourth-order valence-corrected chi connectivity index (χ4v) is 12.3. The third kappa shape index (κ3) is 8.87. The second-order valence-electron chi connectivity index (χ2n) is 20.3. The zero-order valence-electron chi connectivity index (χ0n) is 44.7. The molecule has 11 aromatic rings. The third-order valence-corrected chi connectivity index (χ3v) is 15.8. The number of hydrogen-bond donors (Lipinski definition) is 0. The van der Waals surface area contributed by atoms with Crippen LogP contribution >= 0.6 is 0 Å². The van der Waals surface area contributed by atoms with Crippen LogP contribution in [-0.2, 0) is 5.41 Å². The second kappa shape index (κ2) is 21.7. The molecule has 78 heavy (non-hydrogen) atoms. The lowest BCUT2D eigenvalue weighted by Gasteiger charge is -2.37. The topological polar surface area (TPSA) is 11.4 Å². The van der Waals surface area contributed by atoms with Gasteiger partial charge in [-0.1, -0.05) is 212 Å². The number of aromatic nitrogens is 1. The van der Waals surface area contributed by atoms with Gasteiger partial charge in [0.15, 0.2) is 0 Å². The van der Waals surface area contributed by atoms with Crippen LogP contribution in [0, 0.1) is 0 Å². The fourth-order valence-electron chi connectivity index (χ4n) is 12.3. The highest BCUT2D eigenvalue weighted by molar-refractivity contribution is 5.92. The molecule has 0 amide bonds. The smallest absolute Gasteiger partial charge is 0.0701 e. The van der Waals surface area contributed by atoms with E-state index in [1.807, 2.05) is 6.92 Å². The molecule has 0 spiro atoms. The monoisotopic (exact) mass is 1010 g/mol. The number of rotatable bonds is 11. The molecule has 13 rings (SSSR count). The summed E-state index contributed by atoms with van der Waals surface area (Å²) in [6.07, 6.45) is 11.0. The van der Waals surface area contributed by atoms with Crippen molar-refractivity contribution in [3.8, 4) is 27.9 Å². The maximum Gasteiger partial charge on any atom is 0.0701 e. The lowest BCUT2D eigenvalue weighted by Crippen LogP contribution is -2.31. The van der Waals surface area contributed by atoms with Crippen molar-refractivity contribution in [1.29, 1.82) is 0 Å². The van der Waals surface area contributed by atoms with E-state index in [1.165, 1.54) is 94.2 Å². The largest absolute Gasteiger partial charge is 0.334 e. The zero-order chi connectivity index (χ0) is 53.0. The standard InChI is InChI=1S/C72H57N3.C3H6/c1-3-65-51(2)73(69-28-16-13-25-66(65)69)60-41-31-52(32-42-60)53-33-43-61(44-34-53)74(63-49-39-59(40-50-63)72(56-19-7-4-8-20-56,57-21-9-5-10-22-57)58-23-11-6-12-24-58)62-45-35-54(36-46-62)55-37-47-64(48-38-55)75-70-29-17-14-26-67(70)68-27-15-18-30-71(68)75;1-3-2/h3-14,16-17,19-51H,15,18H2,1-2H3;3H,1H2,2H3/b65-3+;. The van der Waals surface area contributed by atoms with Crippen molar-refractivity contribution in [3.05, 3.63) is 318 Å². The Kier molecular flexibility index (Phi) is 13.7. The van der Waals surface area contributed by atoms with Crippen LogP contribution in [0.4, 0.5) is 28.4 Å². The molecule has 378 valence electrons. The van der Waals surface area contributed by atoms with Gasteiger partial charge >= 0.3 is 0 Å². The van der Waals surface area contributed by atoms with Crippen LogP contribution in [-0.4, -0.2) is 10.6 Å². The molecule has 0 fully saturated rings. The molecule has 1 aliphatic heterocycles. The first-order chi connectivity index (χ1) is 38.5. The van der Waals surface area contributed by atoms with Crippen LogP contribution in [0.1, 0.15) is 61.4 Å². The van der Waals surface area contributed by atoms with E-state index < -0.39 is 5.41 Å². The Morgan fingerprint density at radius 1 is 0.449 bits per heavy atom. The van der Waals surface area contributed by atoms with E-state index in [0.29, 0.717) is 0 Å². The minimum absolute atomic E-state index is 0.262. The van der Waals surface area contributed by atoms with E-state index in [-0.39, 0.29) is 6.04 Å². The van der Waals surface area contributed by atoms with Crippen molar-refractivity contribution >= 4 is 57.1 Å². The molecule has 1 atom stereocenters. The molecule has 0 saturated heterocycles. The summed E-state index contributed by atoms with van der Waals surface area (Å²) in [4.78, 5) is 4.84. The first-order valence-corrected chi connectivity index (χ1v) is 27.4. The fraction of sp³-hybridized carbons (Fsp3) is 0.0933. The molecule has 0 radical (unpaired) electrons. The highest BCUT2D eigenvalue weighted by Gasteiger charge is 2.38. The molecule has 10 aromatic carbocycles. The van der Waals surface area contributed by atoms with Crippen molar-refractivity contribution < 1.29 is 0 Å². The molecule has 3 heteroatoms. The number of hydrogen-bond acceptors (Lipinski definition) is 2. The molecule has 0 bridgehead atoms. The molecule has 1 aromatic heterocycles. The summed E-state index contributed by atoms with van der Waals surface area (Å²) in [5, 5.41) is 3.97. The van der Waals surface area contributed by atoms with Crippen molar-refractivity contribution in [2.24, 2.45) is 0 Å². The van der Waals surface area contributed by atoms with Gasteiger partial charge in [-0.05, 0) is 156 Å². The van der Waals surface area contributed by atoms with Gasteiger partial charge in [0.2, 0.25) is 0 Å². The van der Waals surface area contributed by atoms with Crippen molar-refractivity contribution in [1.82, 2.24) is 4.57 Å².